The fourth-order valence-electron chi connectivity index (χ4n) is 3.99. The van der Waals surface area contributed by atoms with Crippen LogP contribution < -0.4 is 10.2 Å². The molecule has 2 N–H and O–H groups in total. The summed E-state index contributed by atoms with van der Waals surface area (Å²) < 4.78 is 0. The van der Waals surface area contributed by atoms with Crippen molar-refractivity contribution in [3.05, 3.63) is 59.4 Å². The molecule has 0 radical (unpaired) electrons. The highest BCUT2D eigenvalue weighted by Crippen LogP contribution is 2.36. The number of nitrogens with one attached hydrogen (secondary N) is 2. The van der Waals surface area contributed by atoms with Crippen LogP contribution in [-0.2, 0) is 4.79 Å². The standard InChI is InChI=1S/C22H21ClN6O2S/c23-16-4-2-1-3-15(16)20-21(24-12-19(30)28-7-9-32-10-8-28)27-22(31)29(20)14-5-6-17-18(11-14)26-13-25-17/h1-6,11,13,20H,7-10,12H2,(H,25,26)(H,24,27,31). The van der Waals surface area contributed by atoms with Crippen molar-refractivity contribution in [2.45, 2.75) is 6.04 Å². The van der Waals surface area contributed by atoms with Crippen molar-refractivity contribution in [2.24, 2.45) is 4.99 Å². The minimum Gasteiger partial charge on any atom is -0.345 e. The Morgan fingerprint density at radius 1 is 1.22 bits per heavy atom. The number of H-pyrrole nitrogens is 1. The second kappa shape index (κ2) is 8.84. The van der Waals surface area contributed by atoms with Gasteiger partial charge in [-0.05, 0) is 24.3 Å². The Kier molecular flexibility index (Phi) is 5.75. The first-order chi connectivity index (χ1) is 15.6. The molecule has 0 saturated carbocycles. The summed E-state index contributed by atoms with van der Waals surface area (Å²) in [6.45, 7) is 1.43. The third-order valence-electron chi connectivity index (χ3n) is 5.60. The predicted molar refractivity (Wildman–Crippen MR) is 128 cm³/mol. The second-order valence-corrected chi connectivity index (χ2v) is 9.15. The summed E-state index contributed by atoms with van der Waals surface area (Å²) in [6, 6.07) is 12.0. The number of benzene rings is 2. The quantitative estimate of drug-likeness (QED) is 0.613. The third kappa shape index (κ3) is 3.93. The average molecular weight is 469 g/mol. The zero-order chi connectivity index (χ0) is 22.1. The number of nitrogens with zero attached hydrogens (tertiary/aromatic N) is 4. The van der Waals surface area contributed by atoms with Gasteiger partial charge in [-0.15, -0.1) is 0 Å². The van der Waals surface area contributed by atoms with E-state index in [2.05, 4.69) is 20.3 Å². The Hall–Kier alpha value is -3.04. The maximum atomic E-state index is 13.1. The number of anilines is 1. The number of hydrogen-bond donors (Lipinski definition) is 2. The zero-order valence-electron chi connectivity index (χ0n) is 17.1. The molecule has 2 aliphatic rings. The van der Waals surface area contributed by atoms with Gasteiger partial charge in [0.2, 0.25) is 5.91 Å². The zero-order valence-corrected chi connectivity index (χ0v) is 18.7. The van der Waals surface area contributed by atoms with Crippen LogP contribution in [0.5, 0.6) is 0 Å². The molecule has 0 aliphatic carbocycles. The molecule has 5 rings (SSSR count). The minimum atomic E-state index is -0.572. The first kappa shape index (κ1) is 20.8. The van der Waals surface area contributed by atoms with Crippen LogP contribution in [-0.4, -0.2) is 63.8 Å². The molecule has 8 nitrogen and oxygen atoms in total. The van der Waals surface area contributed by atoms with Crippen molar-refractivity contribution in [1.82, 2.24) is 20.2 Å². The van der Waals surface area contributed by atoms with Gasteiger partial charge in [0, 0.05) is 40.9 Å². The molecule has 2 aliphatic heterocycles. The molecule has 10 heteroatoms. The number of halogens is 1. The normalized spacial score (nSPS) is 20.2. The van der Waals surface area contributed by atoms with Gasteiger partial charge < -0.3 is 9.88 Å². The molecule has 3 amide bonds. The summed E-state index contributed by atoms with van der Waals surface area (Å²) in [7, 11) is 0. The lowest BCUT2D eigenvalue weighted by atomic mass is 10.0. The van der Waals surface area contributed by atoms with E-state index in [1.807, 2.05) is 53.1 Å². The number of hydrogen-bond acceptors (Lipinski definition) is 5. The smallest absolute Gasteiger partial charge is 0.328 e. The van der Waals surface area contributed by atoms with E-state index >= 15 is 0 Å². The number of imidazole rings is 1. The van der Waals surface area contributed by atoms with Crippen LogP contribution in [0.2, 0.25) is 5.02 Å². The molecule has 1 atom stereocenters. The number of amidine groups is 1. The summed E-state index contributed by atoms with van der Waals surface area (Å²) in [5, 5.41) is 3.37. The Labute approximate surface area is 194 Å². The fraction of sp³-hybridized carbons (Fsp3) is 0.273. The van der Waals surface area contributed by atoms with Crippen LogP contribution in [0.15, 0.2) is 53.8 Å². The number of aliphatic imine (C=N–C) groups is 1. The third-order valence-corrected chi connectivity index (χ3v) is 6.89. The van der Waals surface area contributed by atoms with Crippen LogP contribution in [0.4, 0.5) is 10.5 Å². The van der Waals surface area contributed by atoms with Gasteiger partial charge in [0.25, 0.3) is 0 Å². The highest BCUT2D eigenvalue weighted by Gasteiger charge is 2.40. The Morgan fingerprint density at radius 2 is 2.03 bits per heavy atom. The summed E-state index contributed by atoms with van der Waals surface area (Å²) in [5.41, 5.74) is 3.02. The molecule has 2 saturated heterocycles. The number of amides is 3. The largest absolute Gasteiger partial charge is 0.345 e. The molecule has 2 fully saturated rings. The van der Waals surface area contributed by atoms with E-state index in [1.165, 1.54) is 0 Å². The van der Waals surface area contributed by atoms with Crippen molar-refractivity contribution in [3.63, 3.8) is 0 Å². The molecule has 2 aromatic carbocycles. The maximum Gasteiger partial charge on any atom is 0.328 e. The Morgan fingerprint density at radius 3 is 2.84 bits per heavy atom. The fourth-order valence-corrected chi connectivity index (χ4v) is 5.13. The van der Waals surface area contributed by atoms with Crippen molar-refractivity contribution in [2.75, 3.05) is 36.0 Å². The summed E-state index contributed by atoms with van der Waals surface area (Å²) in [6.07, 6.45) is 1.61. The van der Waals surface area contributed by atoms with Crippen molar-refractivity contribution >= 4 is 57.9 Å². The molecule has 0 bridgehead atoms. The second-order valence-electron chi connectivity index (χ2n) is 7.52. The minimum absolute atomic E-state index is 0.0204. The molecular weight excluding hydrogens is 448 g/mol. The van der Waals surface area contributed by atoms with Gasteiger partial charge in [0.1, 0.15) is 18.4 Å². The number of urea groups is 1. The van der Waals surface area contributed by atoms with E-state index in [-0.39, 0.29) is 18.5 Å². The van der Waals surface area contributed by atoms with Gasteiger partial charge in [0.05, 0.1) is 17.4 Å². The lowest BCUT2D eigenvalue weighted by Crippen LogP contribution is -2.39. The average Bonchev–Trinajstić information content (AvgIpc) is 3.41. The maximum absolute atomic E-state index is 13.1. The Balaban J connectivity index is 1.51. The van der Waals surface area contributed by atoms with Crippen LogP contribution in [0.1, 0.15) is 11.6 Å². The molecule has 32 heavy (non-hydrogen) atoms. The van der Waals surface area contributed by atoms with E-state index < -0.39 is 6.04 Å². The topological polar surface area (TPSA) is 93.7 Å². The molecule has 3 aromatic rings. The van der Waals surface area contributed by atoms with Crippen molar-refractivity contribution < 1.29 is 9.59 Å². The lowest BCUT2D eigenvalue weighted by Gasteiger charge is -2.26. The summed E-state index contributed by atoms with van der Waals surface area (Å²) in [4.78, 5) is 41.1. The monoisotopic (exact) mass is 468 g/mol. The first-order valence-corrected chi connectivity index (χ1v) is 11.8. The number of fused-ring (bicyclic) bond motifs is 1. The molecule has 3 heterocycles. The number of rotatable bonds is 4. The number of thioether (sulfide) groups is 1. The van der Waals surface area contributed by atoms with E-state index in [0.29, 0.717) is 16.5 Å². The van der Waals surface area contributed by atoms with Gasteiger partial charge >= 0.3 is 6.03 Å². The van der Waals surface area contributed by atoms with E-state index in [0.717, 1.165) is 41.2 Å². The molecule has 1 unspecified atom stereocenters. The van der Waals surface area contributed by atoms with Gasteiger partial charge in [-0.25, -0.2) is 9.78 Å². The van der Waals surface area contributed by atoms with Crippen LogP contribution in [0.3, 0.4) is 0 Å². The molecular formula is C22H21ClN6O2S. The summed E-state index contributed by atoms with van der Waals surface area (Å²) >= 11 is 8.36. The SMILES string of the molecule is O=C(C/N=C1\NC(=O)N(c2ccc3[nH]cnc3c2)C1c1ccccc1Cl)N1CCSCC1. The first-order valence-electron chi connectivity index (χ1n) is 10.3. The Bertz CT molecular complexity index is 1210. The number of aromatic nitrogens is 2. The van der Waals surface area contributed by atoms with Gasteiger partial charge in [-0.3, -0.25) is 20.0 Å². The highest BCUT2D eigenvalue weighted by molar-refractivity contribution is 7.99. The van der Waals surface area contributed by atoms with Crippen LogP contribution in [0, 0.1) is 0 Å². The van der Waals surface area contributed by atoms with Crippen molar-refractivity contribution in [3.8, 4) is 0 Å². The van der Waals surface area contributed by atoms with E-state index in [9.17, 15) is 9.59 Å². The highest BCUT2D eigenvalue weighted by atomic mass is 35.5. The van der Waals surface area contributed by atoms with Gasteiger partial charge in [-0.2, -0.15) is 11.8 Å². The van der Waals surface area contributed by atoms with Crippen LogP contribution >= 0.6 is 23.4 Å². The molecule has 0 spiro atoms. The number of carbonyl (C=O) groups excluding carboxylic acids is 2. The predicted octanol–water partition coefficient (Wildman–Crippen LogP) is 3.46. The van der Waals surface area contributed by atoms with Gasteiger partial charge in [0.15, 0.2) is 0 Å². The summed E-state index contributed by atoms with van der Waals surface area (Å²) in [5.74, 6) is 2.24. The van der Waals surface area contributed by atoms with Gasteiger partial charge in [-0.1, -0.05) is 29.8 Å². The molecule has 1 aromatic heterocycles. The molecule has 164 valence electrons. The van der Waals surface area contributed by atoms with E-state index in [4.69, 9.17) is 11.6 Å². The lowest BCUT2D eigenvalue weighted by molar-refractivity contribution is -0.129. The van der Waals surface area contributed by atoms with E-state index in [1.54, 1.807) is 17.3 Å². The van der Waals surface area contributed by atoms with Crippen molar-refractivity contribution in [1.29, 1.82) is 0 Å². The van der Waals surface area contributed by atoms with Crippen LogP contribution in [0.25, 0.3) is 11.0 Å². The number of aromatic amines is 1. The number of carbonyl (C=O) groups is 2.